The van der Waals surface area contributed by atoms with E-state index in [1.54, 1.807) is 37.5 Å². The van der Waals surface area contributed by atoms with Crippen molar-refractivity contribution in [3.05, 3.63) is 194 Å². The first-order chi connectivity index (χ1) is 31.7. The fourth-order valence-electron chi connectivity index (χ4n) is 8.79. The summed E-state index contributed by atoms with van der Waals surface area (Å²) < 4.78 is 17.4. The van der Waals surface area contributed by atoms with Gasteiger partial charge in [0, 0.05) is 23.0 Å². The van der Waals surface area contributed by atoms with Gasteiger partial charge in [-0.3, -0.25) is 0 Å². The molecule has 0 radical (unpaired) electrons. The van der Waals surface area contributed by atoms with Crippen LogP contribution in [0.5, 0.6) is 28.7 Å². The Hall–Kier alpha value is -7.63. The lowest BCUT2D eigenvalue weighted by Gasteiger charge is -2.29. The summed E-state index contributed by atoms with van der Waals surface area (Å²) in [4.78, 5) is 36.7. The Morgan fingerprint density at radius 3 is 1.89 bits per heavy atom. The third kappa shape index (κ3) is 9.80. The monoisotopic (exact) mass is 864 g/mol. The van der Waals surface area contributed by atoms with Gasteiger partial charge in [0.1, 0.15) is 36.4 Å². The van der Waals surface area contributed by atoms with Crippen molar-refractivity contribution in [2.45, 2.75) is 58.0 Å². The van der Waals surface area contributed by atoms with Gasteiger partial charge in [-0.25, -0.2) is 4.79 Å². The molecule has 0 heterocycles. The molecule has 0 fully saturated rings. The maximum atomic E-state index is 13.8. The van der Waals surface area contributed by atoms with E-state index in [1.165, 1.54) is 18.7 Å². The molecule has 2 aliphatic rings. The van der Waals surface area contributed by atoms with Crippen LogP contribution in [0.3, 0.4) is 0 Å². The summed E-state index contributed by atoms with van der Waals surface area (Å²) in [5.74, 6) is 1.67. The van der Waals surface area contributed by atoms with Gasteiger partial charge < -0.3 is 24.0 Å². The number of rotatable bonds is 16. The molecule has 0 amide bonds. The molecule has 8 rings (SSSR count). The molecule has 0 aliphatic heterocycles. The number of aryl methyl sites for hydroxylation is 4. The number of esters is 1. The zero-order valence-corrected chi connectivity index (χ0v) is 36.8. The number of carbonyl (C=O) groups excluding carboxylic acids is 1. The average Bonchev–Trinajstić information content (AvgIpc) is 3.91. The van der Waals surface area contributed by atoms with E-state index in [1.807, 2.05) is 67.6 Å². The van der Waals surface area contributed by atoms with Crippen molar-refractivity contribution in [3.8, 4) is 40.9 Å². The van der Waals surface area contributed by atoms with Crippen LogP contribution in [-0.2, 0) is 45.9 Å². The van der Waals surface area contributed by atoms with Gasteiger partial charge in [0.25, 0.3) is 0 Å². The Bertz CT molecular complexity index is 2860. The van der Waals surface area contributed by atoms with Gasteiger partial charge in [-0.05, 0) is 121 Å². The molecule has 0 saturated heterocycles. The Morgan fingerprint density at radius 1 is 0.631 bits per heavy atom. The molecule has 1 atom stereocenters. The Morgan fingerprint density at radius 2 is 1.23 bits per heavy atom. The van der Waals surface area contributed by atoms with Gasteiger partial charge in [-0.15, -0.1) is 0 Å². The molecule has 1 spiro atoms. The maximum absolute atomic E-state index is 13.8. The van der Waals surface area contributed by atoms with Crippen LogP contribution in [0.1, 0.15) is 74.0 Å². The van der Waals surface area contributed by atoms with Crippen molar-refractivity contribution in [1.29, 1.82) is 10.5 Å². The van der Waals surface area contributed by atoms with E-state index in [0.717, 1.165) is 70.2 Å². The van der Waals surface area contributed by atoms with Crippen LogP contribution >= 0.6 is 0 Å². The predicted octanol–water partition coefficient (Wildman–Crippen LogP) is 11.0. The Balaban J connectivity index is 0.964. The van der Waals surface area contributed by atoms with E-state index >= 15 is 0 Å². The quantitative estimate of drug-likeness (QED) is 0.0231. The predicted molar refractivity (Wildman–Crippen MR) is 246 cm³/mol. The van der Waals surface area contributed by atoms with Crippen molar-refractivity contribution in [1.82, 2.24) is 0 Å². The van der Waals surface area contributed by atoms with Crippen LogP contribution in [0, 0.1) is 36.5 Å². The van der Waals surface area contributed by atoms with Crippen molar-refractivity contribution in [3.63, 3.8) is 0 Å². The summed E-state index contributed by atoms with van der Waals surface area (Å²) in [6, 6.07) is 43.1. The number of hydrogen-bond acceptors (Lipinski definition) is 10. The normalized spacial score (nSPS) is 15.1. The molecule has 1 unspecified atom stereocenters. The highest BCUT2D eigenvalue weighted by molar-refractivity contribution is 5.99. The van der Waals surface area contributed by atoms with E-state index in [2.05, 4.69) is 55.5 Å². The zero-order chi connectivity index (χ0) is 45.3. The second-order valence-electron chi connectivity index (χ2n) is 16.3. The fourth-order valence-corrected chi connectivity index (χ4v) is 8.79. The second kappa shape index (κ2) is 19.8. The highest BCUT2D eigenvalue weighted by Gasteiger charge is 2.49. The minimum Gasteiger partial charge on any atom is -0.496 e. The summed E-state index contributed by atoms with van der Waals surface area (Å²) in [6.07, 6.45) is 6.97. The summed E-state index contributed by atoms with van der Waals surface area (Å²) in [5.41, 5.74) is 10.5. The van der Waals surface area contributed by atoms with Crippen LogP contribution in [0.4, 0.5) is 0 Å². The van der Waals surface area contributed by atoms with E-state index < -0.39 is 11.4 Å². The van der Waals surface area contributed by atoms with E-state index in [4.69, 9.17) is 33.8 Å². The third-order valence-corrected chi connectivity index (χ3v) is 12.0. The first-order valence-electron chi connectivity index (χ1n) is 21.4. The number of nitrogens with zero attached hydrogens (tertiary/aromatic N) is 2. The number of methoxy groups -OCH3 is 2. The SMILES string of the molecule is COc1cc(/C=C(\C#N)C(=O)Oc2cccc3c2C2(CCc4cccc(OOC/C(C#N)=C/c5ccc(OOCc6ccc(C)cc6)c(OC)c5)c42)CC3)ccc1Cc1ccc(C)cc1. The minimum absolute atomic E-state index is 0.128. The van der Waals surface area contributed by atoms with Crippen molar-refractivity contribution in [2.75, 3.05) is 20.8 Å². The lowest BCUT2D eigenvalue weighted by atomic mass is 9.76. The van der Waals surface area contributed by atoms with Crippen molar-refractivity contribution in [2.24, 2.45) is 0 Å². The van der Waals surface area contributed by atoms with Gasteiger partial charge in [0.15, 0.2) is 11.5 Å². The van der Waals surface area contributed by atoms with E-state index in [9.17, 15) is 15.3 Å². The number of hydrogen-bond donors (Lipinski definition) is 0. The average molecular weight is 865 g/mol. The highest BCUT2D eigenvalue weighted by atomic mass is 17.2. The van der Waals surface area contributed by atoms with E-state index in [0.29, 0.717) is 51.9 Å². The molecule has 0 saturated carbocycles. The number of benzene rings is 6. The number of carbonyl (C=O) groups is 1. The first kappa shape index (κ1) is 44.0. The standard InChI is InChI=1S/C55H48N2O8/c1-36-11-15-38(16-12-36)28-45-21-19-41(30-50(45)59-3)29-46(33-57)54(58)63-48-9-5-7-43-23-25-55(52(43)48)26-24-44-8-6-10-49(53(44)55)65-62-35-42(32-56)27-40-20-22-47(51(31-40)60-4)64-61-34-39-17-13-37(2)14-18-39/h5-22,27,29-31H,23-26,28,34-35H2,1-4H3/b42-27+,46-29+. The third-order valence-electron chi connectivity index (χ3n) is 12.0. The molecule has 0 aromatic heterocycles. The molecule has 0 N–H and O–H groups in total. The molecule has 65 heavy (non-hydrogen) atoms. The molecule has 326 valence electrons. The molecule has 6 aromatic carbocycles. The molecule has 2 aliphatic carbocycles. The van der Waals surface area contributed by atoms with Crippen LogP contribution in [0.2, 0.25) is 0 Å². The largest absolute Gasteiger partial charge is 0.496 e. The summed E-state index contributed by atoms with van der Waals surface area (Å²) >= 11 is 0. The van der Waals surface area contributed by atoms with Gasteiger partial charge in [-0.2, -0.15) is 20.3 Å². The lowest BCUT2D eigenvalue weighted by Crippen LogP contribution is -2.24. The van der Waals surface area contributed by atoms with Crippen molar-refractivity contribution < 1.29 is 38.6 Å². The van der Waals surface area contributed by atoms with Crippen LogP contribution < -0.4 is 24.0 Å². The highest BCUT2D eigenvalue weighted by Crippen LogP contribution is 2.57. The minimum atomic E-state index is -0.751. The number of fused-ring (bicyclic) bond motifs is 4. The van der Waals surface area contributed by atoms with Crippen molar-refractivity contribution >= 4 is 18.1 Å². The zero-order valence-electron chi connectivity index (χ0n) is 36.8. The fraction of sp³-hybridized carbons (Fsp3) is 0.218. The van der Waals surface area contributed by atoms with Crippen LogP contribution in [0.15, 0.2) is 132 Å². The van der Waals surface area contributed by atoms with E-state index in [-0.39, 0.29) is 18.8 Å². The van der Waals surface area contributed by atoms with Gasteiger partial charge in [0.2, 0.25) is 5.75 Å². The second-order valence-corrected chi connectivity index (χ2v) is 16.3. The molecule has 10 heteroatoms. The molecule has 0 bridgehead atoms. The van der Waals surface area contributed by atoms with Gasteiger partial charge in [-0.1, -0.05) is 102 Å². The molecule has 6 aromatic rings. The number of ether oxygens (including phenoxy) is 3. The summed E-state index contributed by atoms with van der Waals surface area (Å²) in [6.45, 7) is 4.21. The maximum Gasteiger partial charge on any atom is 0.354 e. The smallest absolute Gasteiger partial charge is 0.354 e. The number of nitriles is 2. The van der Waals surface area contributed by atoms with Crippen LogP contribution in [0.25, 0.3) is 12.2 Å². The lowest BCUT2D eigenvalue weighted by molar-refractivity contribution is -0.218. The molecule has 10 nitrogen and oxygen atoms in total. The summed E-state index contributed by atoms with van der Waals surface area (Å²) in [7, 11) is 3.14. The van der Waals surface area contributed by atoms with Crippen LogP contribution in [-0.4, -0.2) is 26.8 Å². The van der Waals surface area contributed by atoms with Gasteiger partial charge in [0.05, 0.1) is 25.9 Å². The topological polar surface area (TPSA) is 129 Å². The van der Waals surface area contributed by atoms with Gasteiger partial charge >= 0.3 is 5.97 Å². The Labute approximate surface area is 379 Å². The molecular weight excluding hydrogens is 817 g/mol. The molecular formula is C55H48N2O8. The first-order valence-corrected chi connectivity index (χ1v) is 21.4. The summed E-state index contributed by atoms with van der Waals surface area (Å²) in [5, 5.41) is 20.3. The Kier molecular flexibility index (Phi) is 13.4.